The van der Waals surface area contributed by atoms with Crippen molar-refractivity contribution in [3.63, 3.8) is 0 Å². The molecule has 5 rings (SSSR count). The molecule has 1 saturated heterocycles. The van der Waals surface area contributed by atoms with Gasteiger partial charge >= 0.3 is 0 Å². The Labute approximate surface area is 142 Å². The molecule has 0 spiro atoms. The van der Waals surface area contributed by atoms with Gasteiger partial charge in [-0.15, -0.1) is 0 Å². The Morgan fingerprint density at radius 1 is 1.20 bits per heavy atom. The molecule has 1 aliphatic heterocycles. The second kappa shape index (κ2) is 5.35. The first-order valence-electron chi connectivity index (χ1n) is 8.44. The van der Waals surface area contributed by atoms with Crippen molar-refractivity contribution in [3.8, 4) is 0 Å². The first kappa shape index (κ1) is 14.5. The molecule has 25 heavy (non-hydrogen) atoms. The third-order valence-electron chi connectivity index (χ3n) is 4.87. The lowest BCUT2D eigenvalue weighted by molar-refractivity contribution is 0.0960. The molecule has 1 unspecified atom stereocenters. The predicted octanol–water partition coefficient (Wildman–Crippen LogP) is 2.01. The van der Waals surface area contributed by atoms with Crippen LogP contribution in [0.5, 0.6) is 0 Å². The zero-order valence-corrected chi connectivity index (χ0v) is 13.8. The smallest absolute Gasteiger partial charge is 0.265 e. The summed E-state index contributed by atoms with van der Waals surface area (Å²) in [5.74, 6) is 0. The minimum Gasteiger partial charge on any atom is -0.376 e. The first-order valence-corrected chi connectivity index (χ1v) is 8.44. The fourth-order valence-corrected chi connectivity index (χ4v) is 3.57. The van der Waals surface area contributed by atoms with E-state index in [4.69, 9.17) is 9.72 Å². The highest BCUT2D eigenvalue weighted by molar-refractivity contribution is 6.04. The number of aryl methyl sites for hydroxylation is 1. The number of benzene rings is 1. The van der Waals surface area contributed by atoms with Crippen LogP contribution in [0.1, 0.15) is 12.8 Å². The molecule has 126 valence electrons. The van der Waals surface area contributed by atoms with Crippen LogP contribution >= 0.6 is 0 Å². The maximum absolute atomic E-state index is 13.1. The van der Waals surface area contributed by atoms with E-state index in [1.165, 1.54) is 0 Å². The Balaban J connectivity index is 1.79. The number of nitrogens with zero attached hydrogens (tertiary/aromatic N) is 5. The highest BCUT2D eigenvalue weighted by Crippen LogP contribution is 2.23. The van der Waals surface area contributed by atoms with Crippen LogP contribution in [-0.2, 0) is 18.3 Å². The van der Waals surface area contributed by atoms with Gasteiger partial charge in [0.25, 0.3) is 5.56 Å². The minimum atomic E-state index is -0.0873. The number of ether oxygens (including phenoxy) is 1. The van der Waals surface area contributed by atoms with E-state index in [9.17, 15) is 4.79 Å². The van der Waals surface area contributed by atoms with Gasteiger partial charge in [0.1, 0.15) is 10.9 Å². The van der Waals surface area contributed by atoms with Gasteiger partial charge in [-0.2, -0.15) is 0 Å². The van der Waals surface area contributed by atoms with Crippen LogP contribution < -0.4 is 5.56 Å². The third-order valence-corrected chi connectivity index (χ3v) is 4.87. The molecule has 4 heterocycles. The van der Waals surface area contributed by atoms with Crippen LogP contribution in [0.15, 0.2) is 35.4 Å². The zero-order chi connectivity index (χ0) is 17.0. The fourth-order valence-electron chi connectivity index (χ4n) is 3.57. The summed E-state index contributed by atoms with van der Waals surface area (Å²) in [5.41, 5.74) is 3.38. The van der Waals surface area contributed by atoms with Gasteiger partial charge < -0.3 is 9.30 Å². The average molecular weight is 335 g/mol. The number of rotatable bonds is 2. The van der Waals surface area contributed by atoms with Crippen molar-refractivity contribution >= 4 is 33.2 Å². The van der Waals surface area contributed by atoms with Gasteiger partial charge in [-0.3, -0.25) is 9.36 Å². The van der Waals surface area contributed by atoms with Gasteiger partial charge in [-0.05, 0) is 25.0 Å². The molecule has 1 aliphatic rings. The van der Waals surface area contributed by atoms with Gasteiger partial charge in [-0.25, -0.2) is 15.0 Å². The Hall–Kier alpha value is -2.80. The standard InChI is InChI=1S/C18H17N5O2/c1-22-16-14(15-17(22)21-13-7-3-2-6-12(13)20-15)18(24)23(10-19-16)9-11-5-4-8-25-11/h2-3,6-7,10-11H,4-5,8-9H2,1H3. The van der Waals surface area contributed by atoms with E-state index >= 15 is 0 Å². The van der Waals surface area contributed by atoms with E-state index < -0.39 is 0 Å². The van der Waals surface area contributed by atoms with Crippen molar-refractivity contribution in [1.82, 2.24) is 24.1 Å². The lowest BCUT2D eigenvalue weighted by atomic mass is 10.2. The molecule has 4 aromatic rings. The van der Waals surface area contributed by atoms with Crippen molar-refractivity contribution in [1.29, 1.82) is 0 Å². The summed E-state index contributed by atoms with van der Waals surface area (Å²) in [6.45, 7) is 1.29. The normalized spacial score (nSPS) is 17.9. The lowest BCUT2D eigenvalue weighted by Crippen LogP contribution is -2.26. The molecule has 1 atom stereocenters. The minimum absolute atomic E-state index is 0.0823. The second-order valence-corrected chi connectivity index (χ2v) is 6.48. The molecule has 7 nitrogen and oxygen atoms in total. The molecular weight excluding hydrogens is 318 g/mol. The van der Waals surface area contributed by atoms with E-state index in [2.05, 4.69) is 9.97 Å². The van der Waals surface area contributed by atoms with E-state index in [1.54, 1.807) is 10.9 Å². The SMILES string of the molecule is Cn1c2nc3ccccc3nc2c2c(=O)n(CC3CCCO3)cnc21. The summed E-state index contributed by atoms with van der Waals surface area (Å²) in [7, 11) is 1.87. The van der Waals surface area contributed by atoms with Crippen molar-refractivity contribution < 1.29 is 4.74 Å². The van der Waals surface area contributed by atoms with Crippen molar-refractivity contribution in [2.75, 3.05) is 6.61 Å². The Morgan fingerprint density at radius 2 is 2.00 bits per heavy atom. The van der Waals surface area contributed by atoms with E-state index in [1.807, 2.05) is 35.9 Å². The molecule has 7 heteroatoms. The lowest BCUT2D eigenvalue weighted by Gasteiger charge is -2.11. The molecular formula is C18H17N5O2. The van der Waals surface area contributed by atoms with Crippen molar-refractivity contribution in [2.45, 2.75) is 25.5 Å². The van der Waals surface area contributed by atoms with Gasteiger partial charge in [0.05, 0.1) is 30.0 Å². The van der Waals surface area contributed by atoms with Crippen LogP contribution in [0, 0.1) is 0 Å². The van der Waals surface area contributed by atoms with Gasteiger partial charge in [0.2, 0.25) is 0 Å². The van der Waals surface area contributed by atoms with Gasteiger partial charge in [0.15, 0.2) is 11.3 Å². The summed E-state index contributed by atoms with van der Waals surface area (Å²) in [4.78, 5) is 26.9. The first-order chi connectivity index (χ1) is 12.2. The number of hydrogen-bond acceptors (Lipinski definition) is 5. The zero-order valence-electron chi connectivity index (χ0n) is 13.8. The van der Waals surface area contributed by atoms with Crippen LogP contribution in [-0.4, -0.2) is 36.8 Å². The van der Waals surface area contributed by atoms with Crippen LogP contribution in [0.4, 0.5) is 0 Å². The molecule has 0 aliphatic carbocycles. The molecule has 1 aromatic carbocycles. The molecule has 1 fully saturated rings. The van der Waals surface area contributed by atoms with Crippen molar-refractivity contribution in [3.05, 3.63) is 40.9 Å². The molecule has 0 N–H and O–H groups in total. The fraction of sp³-hybridized carbons (Fsp3) is 0.333. The van der Waals surface area contributed by atoms with Crippen molar-refractivity contribution in [2.24, 2.45) is 7.05 Å². The predicted molar refractivity (Wildman–Crippen MR) is 94.6 cm³/mol. The topological polar surface area (TPSA) is 74.8 Å². The maximum atomic E-state index is 13.1. The number of hydrogen-bond donors (Lipinski definition) is 0. The summed E-state index contributed by atoms with van der Waals surface area (Å²) in [5, 5.41) is 0.524. The Morgan fingerprint density at radius 3 is 2.76 bits per heavy atom. The summed E-state index contributed by atoms with van der Waals surface area (Å²) < 4.78 is 9.12. The Bertz CT molecular complexity index is 1170. The van der Waals surface area contributed by atoms with E-state index in [-0.39, 0.29) is 11.7 Å². The number of para-hydroxylation sites is 2. The van der Waals surface area contributed by atoms with Gasteiger partial charge in [-0.1, -0.05) is 12.1 Å². The van der Waals surface area contributed by atoms with Crippen LogP contribution in [0.2, 0.25) is 0 Å². The van der Waals surface area contributed by atoms with Crippen LogP contribution in [0.25, 0.3) is 33.2 Å². The number of aromatic nitrogens is 5. The maximum Gasteiger partial charge on any atom is 0.265 e. The number of fused-ring (bicyclic) bond motifs is 4. The second-order valence-electron chi connectivity index (χ2n) is 6.48. The van der Waals surface area contributed by atoms with Gasteiger partial charge in [0, 0.05) is 13.7 Å². The van der Waals surface area contributed by atoms with Crippen LogP contribution in [0.3, 0.4) is 0 Å². The third kappa shape index (κ3) is 2.16. The average Bonchev–Trinajstić information content (AvgIpc) is 3.23. The van der Waals surface area contributed by atoms with E-state index in [0.717, 1.165) is 30.5 Å². The summed E-state index contributed by atoms with van der Waals surface area (Å²) in [6, 6.07) is 7.67. The summed E-state index contributed by atoms with van der Waals surface area (Å²) in [6.07, 6.45) is 3.70. The molecule has 0 bridgehead atoms. The molecule has 0 radical (unpaired) electrons. The highest BCUT2D eigenvalue weighted by Gasteiger charge is 2.21. The molecule has 3 aromatic heterocycles. The summed E-state index contributed by atoms with van der Waals surface area (Å²) >= 11 is 0. The van der Waals surface area contributed by atoms with E-state index in [0.29, 0.717) is 28.7 Å². The largest absolute Gasteiger partial charge is 0.376 e. The molecule has 0 saturated carbocycles. The quantitative estimate of drug-likeness (QED) is 0.560. The monoisotopic (exact) mass is 335 g/mol. The molecule has 0 amide bonds. The highest BCUT2D eigenvalue weighted by atomic mass is 16.5. The Kier molecular flexibility index (Phi) is 3.11.